The highest BCUT2D eigenvalue weighted by Gasteiger charge is 2.31. The fraction of sp³-hybridized carbons (Fsp3) is 0.167. The summed E-state index contributed by atoms with van der Waals surface area (Å²) in [6.07, 6.45) is 0. The molecule has 0 unspecified atom stereocenters. The molecule has 0 aromatic heterocycles. The highest BCUT2D eigenvalue weighted by atomic mass is 35.5. The van der Waals surface area contributed by atoms with Crippen LogP contribution in [0.2, 0.25) is 5.02 Å². The number of sulfonamides is 1. The van der Waals surface area contributed by atoms with Gasteiger partial charge in [0.25, 0.3) is 15.9 Å². The molecule has 0 saturated heterocycles. The van der Waals surface area contributed by atoms with Gasteiger partial charge in [-0.3, -0.25) is 9.10 Å². The van der Waals surface area contributed by atoms with Crippen molar-refractivity contribution in [3.05, 3.63) is 82.6 Å². The molecule has 1 aliphatic heterocycles. The first-order valence-corrected chi connectivity index (χ1v) is 12.4. The third-order valence-corrected chi connectivity index (χ3v) is 7.19. The molecule has 0 aliphatic carbocycles. The van der Waals surface area contributed by atoms with Crippen molar-refractivity contribution in [2.45, 2.75) is 11.8 Å². The van der Waals surface area contributed by atoms with Crippen LogP contribution in [0.3, 0.4) is 0 Å². The van der Waals surface area contributed by atoms with Gasteiger partial charge in [-0.2, -0.15) is 0 Å². The zero-order valence-corrected chi connectivity index (χ0v) is 20.0. The van der Waals surface area contributed by atoms with Crippen molar-refractivity contribution >= 4 is 44.9 Å². The molecule has 0 fully saturated rings. The maximum absolute atomic E-state index is 14.3. The molecular formula is C24H20ClFN2O6S. The number of hydrogen-bond donors (Lipinski definition) is 1. The lowest BCUT2D eigenvalue weighted by atomic mass is 10.1. The van der Waals surface area contributed by atoms with E-state index in [-0.39, 0.29) is 52.2 Å². The minimum Gasteiger partial charge on any atom is -0.489 e. The predicted octanol–water partition coefficient (Wildman–Crippen LogP) is 4.50. The van der Waals surface area contributed by atoms with Crippen molar-refractivity contribution in [1.82, 2.24) is 0 Å². The third-order valence-electron chi connectivity index (χ3n) is 5.15. The van der Waals surface area contributed by atoms with Crippen molar-refractivity contribution in [2.75, 3.05) is 29.4 Å². The monoisotopic (exact) mass is 518 g/mol. The first kappa shape index (κ1) is 24.5. The number of hydrogen-bond acceptors (Lipinski definition) is 6. The second-order valence-electron chi connectivity index (χ2n) is 7.43. The summed E-state index contributed by atoms with van der Waals surface area (Å²) in [5, 5.41) is 2.81. The van der Waals surface area contributed by atoms with Crippen LogP contribution in [-0.4, -0.2) is 40.1 Å². The van der Waals surface area contributed by atoms with E-state index in [0.29, 0.717) is 5.75 Å². The van der Waals surface area contributed by atoms with E-state index in [4.69, 9.17) is 21.1 Å². The molecule has 0 bridgehead atoms. The van der Waals surface area contributed by atoms with Gasteiger partial charge in [0.15, 0.2) is 0 Å². The van der Waals surface area contributed by atoms with Gasteiger partial charge in [-0.15, -0.1) is 0 Å². The number of halogens is 2. The lowest BCUT2D eigenvalue weighted by molar-refractivity contribution is 0.0521. The second kappa shape index (κ2) is 9.93. The molecule has 8 nitrogen and oxygen atoms in total. The Labute approximate surface area is 206 Å². The van der Waals surface area contributed by atoms with Gasteiger partial charge in [-0.25, -0.2) is 17.6 Å². The summed E-state index contributed by atoms with van der Waals surface area (Å²) in [6.45, 7) is 1.87. The zero-order chi connectivity index (χ0) is 25.2. The number of carbonyl (C=O) groups is 2. The fourth-order valence-corrected chi connectivity index (χ4v) is 5.26. The van der Waals surface area contributed by atoms with Crippen molar-refractivity contribution in [3.8, 4) is 5.75 Å². The highest BCUT2D eigenvalue weighted by Crippen LogP contribution is 2.36. The Morgan fingerprint density at radius 1 is 1.14 bits per heavy atom. The summed E-state index contributed by atoms with van der Waals surface area (Å²) in [4.78, 5) is 24.6. The number of anilines is 2. The Hall–Kier alpha value is -3.63. The fourth-order valence-electron chi connectivity index (χ4n) is 3.51. The van der Waals surface area contributed by atoms with Gasteiger partial charge < -0.3 is 14.8 Å². The van der Waals surface area contributed by atoms with Crippen LogP contribution in [0.1, 0.15) is 27.6 Å². The molecular weight excluding hydrogens is 499 g/mol. The Morgan fingerprint density at radius 3 is 2.66 bits per heavy atom. The van der Waals surface area contributed by atoms with Gasteiger partial charge >= 0.3 is 5.97 Å². The van der Waals surface area contributed by atoms with E-state index in [1.54, 1.807) is 13.0 Å². The van der Waals surface area contributed by atoms with Gasteiger partial charge in [0.05, 0.1) is 29.3 Å². The molecule has 1 amide bonds. The van der Waals surface area contributed by atoms with Gasteiger partial charge in [0.1, 0.15) is 18.2 Å². The summed E-state index contributed by atoms with van der Waals surface area (Å²) in [5.74, 6) is -1.97. The molecule has 3 aromatic rings. The van der Waals surface area contributed by atoms with Crippen molar-refractivity contribution < 1.29 is 31.9 Å². The third kappa shape index (κ3) is 5.08. The SMILES string of the molecule is CCOC(=O)c1ccc(NC(=O)c2ccc3c(c2)N(S(=O)(=O)c2cccc(Cl)c2)CCO3)cc1F. The smallest absolute Gasteiger partial charge is 0.341 e. The molecule has 1 aliphatic rings. The highest BCUT2D eigenvalue weighted by molar-refractivity contribution is 7.92. The normalized spacial score (nSPS) is 12.9. The Kier molecular flexibility index (Phi) is 6.95. The van der Waals surface area contributed by atoms with Crippen LogP contribution in [-0.2, 0) is 14.8 Å². The molecule has 35 heavy (non-hydrogen) atoms. The Morgan fingerprint density at radius 2 is 1.94 bits per heavy atom. The number of benzene rings is 3. The number of carbonyl (C=O) groups excluding carboxylic acids is 2. The van der Waals surface area contributed by atoms with Crippen LogP contribution in [0.5, 0.6) is 5.75 Å². The molecule has 11 heteroatoms. The van der Waals surface area contributed by atoms with Crippen LogP contribution in [0.4, 0.5) is 15.8 Å². The number of esters is 1. The maximum Gasteiger partial charge on any atom is 0.341 e. The molecule has 0 radical (unpaired) electrons. The lowest BCUT2D eigenvalue weighted by Crippen LogP contribution is -2.38. The van der Waals surface area contributed by atoms with Crippen molar-refractivity contribution in [1.29, 1.82) is 0 Å². The molecule has 1 heterocycles. The number of fused-ring (bicyclic) bond motifs is 1. The zero-order valence-electron chi connectivity index (χ0n) is 18.5. The van der Waals surface area contributed by atoms with E-state index in [0.717, 1.165) is 10.4 Å². The van der Waals surface area contributed by atoms with Crippen molar-refractivity contribution in [2.24, 2.45) is 0 Å². The number of ether oxygens (including phenoxy) is 2. The van der Waals surface area contributed by atoms with E-state index in [2.05, 4.69) is 5.32 Å². The molecule has 3 aromatic carbocycles. The van der Waals surface area contributed by atoms with Gasteiger partial charge in [-0.1, -0.05) is 17.7 Å². The minimum atomic E-state index is -3.98. The summed E-state index contributed by atoms with van der Waals surface area (Å²) in [5.41, 5.74) is 0.165. The average molecular weight is 519 g/mol. The van der Waals surface area contributed by atoms with Crippen LogP contribution in [0.25, 0.3) is 0 Å². The van der Waals surface area contributed by atoms with Crippen LogP contribution >= 0.6 is 11.6 Å². The number of rotatable bonds is 6. The van der Waals surface area contributed by atoms with E-state index < -0.39 is 27.7 Å². The van der Waals surface area contributed by atoms with Gasteiger partial charge in [-0.05, 0) is 61.5 Å². The summed E-state index contributed by atoms with van der Waals surface area (Å²) >= 11 is 5.97. The second-order valence-corrected chi connectivity index (χ2v) is 9.73. The largest absolute Gasteiger partial charge is 0.489 e. The number of nitrogens with one attached hydrogen (secondary N) is 1. The van der Waals surface area contributed by atoms with E-state index in [1.165, 1.54) is 48.5 Å². The first-order valence-electron chi connectivity index (χ1n) is 10.5. The molecule has 0 spiro atoms. The topological polar surface area (TPSA) is 102 Å². The van der Waals surface area contributed by atoms with Crippen LogP contribution < -0.4 is 14.4 Å². The standard InChI is InChI=1S/C24H20ClFN2O6S/c1-2-33-24(30)19-8-7-17(14-20(19)26)27-23(29)15-6-9-22-21(12-15)28(10-11-34-22)35(31,32)18-5-3-4-16(25)13-18/h3-9,12-14H,2,10-11H2,1H3,(H,27,29). The van der Waals surface area contributed by atoms with Gasteiger partial charge in [0, 0.05) is 16.3 Å². The predicted molar refractivity (Wildman–Crippen MR) is 128 cm³/mol. The summed E-state index contributed by atoms with van der Waals surface area (Å²) < 4.78 is 52.4. The van der Waals surface area contributed by atoms with E-state index in [9.17, 15) is 22.4 Å². The molecule has 1 N–H and O–H groups in total. The van der Waals surface area contributed by atoms with Crippen LogP contribution in [0.15, 0.2) is 65.6 Å². The van der Waals surface area contributed by atoms with Crippen molar-refractivity contribution in [3.63, 3.8) is 0 Å². The average Bonchev–Trinajstić information content (AvgIpc) is 2.83. The quantitative estimate of drug-likeness (QED) is 0.482. The maximum atomic E-state index is 14.3. The summed E-state index contributed by atoms with van der Waals surface area (Å²) in [6, 6.07) is 13.8. The van der Waals surface area contributed by atoms with E-state index in [1.807, 2.05) is 0 Å². The Balaban J connectivity index is 1.61. The number of amides is 1. The first-order chi connectivity index (χ1) is 16.7. The van der Waals surface area contributed by atoms with Gasteiger partial charge in [0.2, 0.25) is 0 Å². The molecule has 182 valence electrons. The van der Waals surface area contributed by atoms with Crippen LogP contribution in [0, 0.1) is 5.82 Å². The Bertz CT molecular complexity index is 1410. The minimum absolute atomic E-state index is 0.00451. The molecule has 4 rings (SSSR count). The lowest BCUT2D eigenvalue weighted by Gasteiger charge is -2.30. The summed E-state index contributed by atoms with van der Waals surface area (Å²) in [7, 11) is -3.98. The molecule has 0 atom stereocenters. The van der Waals surface area contributed by atoms with E-state index >= 15 is 0 Å². The number of nitrogens with zero attached hydrogens (tertiary/aromatic N) is 1. The molecule has 0 saturated carbocycles.